The van der Waals surface area contributed by atoms with Crippen LogP contribution in [-0.4, -0.2) is 27.6 Å². The summed E-state index contributed by atoms with van der Waals surface area (Å²) in [6.45, 7) is 6.12. The Morgan fingerprint density at radius 2 is 1.57 bits per heavy atom. The SMILES string of the molecule is C=NC.C=NOC. The van der Waals surface area contributed by atoms with E-state index in [1.165, 1.54) is 7.11 Å². The highest BCUT2D eigenvalue weighted by Crippen LogP contribution is 1.49. The zero-order valence-corrected chi connectivity index (χ0v) is 4.72. The minimum absolute atomic E-state index is 1.45. The fourth-order valence-corrected chi connectivity index (χ4v) is 0. The van der Waals surface area contributed by atoms with Crippen molar-refractivity contribution in [1.29, 1.82) is 0 Å². The Labute approximate surface area is 43.7 Å². The highest BCUT2D eigenvalue weighted by molar-refractivity contribution is 5.22. The Kier molecular flexibility index (Phi) is 26.0. The molecule has 0 aromatic rings. The van der Waals surface area contributed by atoms with Gasteiger partial charge < -0.3 is 9.83 Å². The Balaban J connectivity index is 0. The van der Waals surface area contributed by atoms with Crippen molar-refractivity contribution in [1.82, 2.24) is 0 Å². The summed E-state index contributed by atoms with van der Waals surface area (Å²) >= 11 is 0. The van der Waals surface area contributed by atoms with E-state index >= 15 is 0 Å². The van der Waals surface area contributed by atoms with E-state index in [4.69, 9.17) is 0 Å². The first-order chi connectivity index (χ1) is 3.33. The van der Waals surface area contributed by atoms with Gasteiger partial charge in [0.2, 0.25) is 0 Å². The molecule has 0 saturated carbocycles. The van der Waals surface area contributed by atoms with Crippen LogP contribution in [0.1, 0.15) is 0 Å². The Hall–Kier alpha value is -0.860. The molecule has 0 bridgehead atoms. The average Bonchev–Trinajstić information content (AvgIpc) is 1.69. The zero-order valence-electron chi connectivity index (χ0n) is 4.72. The molecule has 0 spiro atoms. The van der Waals surface area contributed by atoms with Crippen molar-refractivity contribution in [2.45, 2.75) is 0 Å². The number of hydrogen-bond acceptors (Lipinski definition) is 3. The molecular weight excluding hydrogens is 92.1 g/mol. The molecule has 0 fully saturated rings. The normalized spacial score (nSPS) is 4.86. The molecule has 3 heteroatoms. The van der Waals surface area contributed by atoms with E-state index in [-0.39, 0.29) is 0 Å². The maximum Gasteiger partial charge on any atom is 0.106 e. The van der Waals surface area contributed by atoms with E-state index in [1.54, 1.807) is 7.05 Å². The molecule has 0 radical (unpaired) electrons. The molecule has 42 valence electrons. The second kappa shape index (κ2) is 19.2. The lowest BCUT2D eigenvalue weighted by Gasteiger charge is -1.71. The number of nitrogens with zero attached hydrogens (tertiary/aromatic N) is 2. The van der Waals surface area contributed by atoms with Gasteiger partial charge in [-0.25, -0.2) is 0 Å². The molecule has 0 atom stereocenters. The predicted octanol–water partition coefficient (Wildman–Crippen LogP) is 0.565. The molecule has 7 heavy (non-hydrogen) atoms. The van der Waals surface area contributed by atoms with Crippen LogP contribution in [0.5, 0.6) is 0 Å². The van der Waals surface area contributed by atoms with Crippen LogP contribution in [0.4, 0.5) is 0 Å². The van der Waals surface area contributed by atoms with Crippen LogP contribution in [0, 0.1) is 0 Å². The van der Waals surface area contributed by atoms with Crippen molar-refractivity contribution in [2.24, 2.45) is 10.1 Å². The molecule has 0 aliphatic heterocycles. The van der Waals surface area contributed by atoms with Crippen LogP contribution < -0.4 is 0 Å². The summed E-state index contributed by atoms with van der Waals surface area (Å²) in [7, 11) is 3.09. The molecule has 0 amide bonds. The summed E-state index contributed by atoms with van der Waals surface area (Å²) in [5.41, 5.74) is 0. The van der Waals surface area contributed by atoms with Gasteiger partial charge in [0, 0.05) is 13.8 Å². The van der Waals surface area contributed by atoms with E-state index in [1.807, 2.05) is 0 Å². The Morgan fingerprint density at radius 1 is 1.43 bits per heavy atom. The number of rotatable bonds is 1. The van der Waals surface area contributed by atoms with E-state index in [0.29, 0.717) is 0 Å². The first kappa shape index (κ1) is 9.46. The number of oxime groups is 1. The maximum atomic E-state index is 4.06. The number of aliphatic imine (C=N–C) groups is 1. The zero-order chi connectivity index (χ0) is 6.12. The number of hydrogen-bond donors (Lipinski definition) is 0. The van der Waals surface area contributed by atoms with Crippen LogP contribution in [-0.2, 0) is 4.84 Å². The van der Waals surface area contributed by atoms with Crippen LogP contribution >= 0.6 is 0 Å². The topological polar surface area (TPSA) is 34.0 Å². The average molecular weight is 102 g/mol. The molecule has 0 N–H and O–H groups in total. The second-order valence-electron chi connectivity index (χ2n) is 0.628. The first-order valence-electron chi connectivity index (χ1n) is 1.67. The van der Waals surface area contributed by atoms with E-state index in [0.717, 1.165) is 0 Å². The fourth-order valence-electron chi connectivity index (χ4n) is 0. The Morgan fingerprint density at radius 3 is 1.57 bits per heavy atom. The minimum Gasteiger partial charge on any atom is -0.400 e. The summed E-state index contributed by atoms with van der Waals surface area (Å²) in [6.07, 6.45) is 0. The quantitative estimate of drug-likeness (QED) is 0.352. The minimum atomic E-state index is 1.45. The fraction of sp³-hybridized carbons (Fsp3) is 0.500. The van der Waals surface area contributed by atoms with Gasteiger partial charge in [0.1, 0.15) is 7.11 Å². The van der Waals surface area contributed by atoms with Gasteiger partial charge in [0.15, 0.2) is 0 Å². The lowest BCUT2D eigenvalue weighted by atomic mass is 11.4. The van der Waals surface area contributed by atoms with Crippen molar-refractivity contribution < 1.29 is 4.84 Å². The standard InChI is InChI=1S/C2H5NO.C2H5N/c1-3-4-2;1-3-2/h1H2,2H3;1H2,2H3. The van der Waals surface area contributed by atoms with Gasteiger partial charge >= 0.3 is 0 Å². The van der Waals surface area contributed by atoms with Crippen molar-refractivity contribution >= 4 is 13.4 Å². The molecule has 0 aromatic carbocycles. The van der Waals surface area contributed by atoms with Crippen LogP contribution in [0.15, 0.2) is 10.1 Å². The van der Waals surface area contributed by atoms with Crippen molar-refractivity contribution in [3.63, 3.8) is 0 Å². The summed E-state index contributed by atoms with van der Waals surface area (Å²) < 4.78 is 0. The van der Waals surface area contributed by atoms with E-state index in [9.17, 15) is 0 Å². The predicted molar refractivity (Wildman–Crippen MR) is 32.0 cm³/mol. The van der Waals surface area contributed by atoms with Gasteiger partial charge in [0.05, 0.1) is 0 Å². The first-order valence-corrected chi connectivity index (χ1v) is 1.67. The Bertz CT molecular complexity index is 45.0. The van der Waals surface area contributed by atoms with Crippen molar-refractivity contribution in [3.8, 4) is 0 Å². The van der Waals surface area contributed by atoms with Gasteiger partial charge in [-0.1, -0.05) is 0 Å². The van der Waals surface area contributed by atoms with Crippen molar-refractivity contribution in [3.05, 3.63) is 0 Å². The molecule has 0 aliphatic carbocycles. The summed E-state index contributed by atoms with van der Waals surface area (Å²) in [5, 5.41) is 2.99. The van der Waals surface area contributed by atoms with Crippen LogP contribution in [0.25, 0.3) is 0 Å². The molecule has 0 aliphatic rings. The van der Waals surface area contributed by atoms with Crippen LogP contribution in [0.2, 0.25) is 0 Å². The third-order valence-electron chi connectivity index (χ3n) is 0.129. The third kappa shape index (κ3) is 2590. The lowest BCUT2D eigenvalue weighted by molar-refractivity contribution is 0.217. The molecule has 0 rings (SSSR count). The molecule has 0 heterocycles. The van der Waals surface area contributed by atoms with Crippen LogP contribution in [0.3, 0.4) is 0 Å². The largest absolute Gasteiger partial charge is 0.400 e. The monoisotopic (exact) mass is 102 g/mol. The van der Waals surface area contributed by atoms with E-state index in [2.05, 4.69) is 28.4 Å². The lowest BCUT2D eigenvalue weighted by Crippen LogP contribution is -1.55. The van der Waals surface area contributed by atoms with Gasteiger partial charge in [-0.2, -0.15) is 0 Å². The van der Waals surface area contributed by atoms with Gasteiger partial charge in [0.25, 0.3) is 0 Å². The van der Waals surface area contributed by atoms with E-state index < -0.39 is 0 Å². The summed E-state index contributed by atoms with van der Waals surface area (Å²) in [4.78, 5) is 7.31. The molecule has 0 aromatic heterocycles. The maximum absolute atomic E-state index is 4.06. The summed E-state index contributed by atoms with van der Waals surface area (Å²) in [5.74, 6) is 0. The molecule has 0 unspecified atom stereocenters. The highest BCUT2D eigenvalue weighted by Gasteiger charge is 1.35. The second-order valence-corrected chi connectivity index (χ2v) is 0.628. The smallest absolute Gasteiger partial charge is 0.106 e. The molecule has 3 nitrogen and oxygen atoms in total. The molecule has 0 saturated heterocycles. The highest BCUT2D eigenvalue weighted by atomic mass is 16.6. The molecular formula is C4H10N2O. The summed E-state index contributed by atoms with van der Waals surface area (Å²) in [6, 6.07) is 0. The third-order valence-corrected chi connectivity index (χ3v) is 0.129. The van der Waals surface area contributed by atoms with Gasteiger partial charge in [-0.15, -0.1) is 5.16 Å². The van der Waals surface area contributed by atoms with Crippen molar-refractivity contribution in [2.75, 3.05) is 14.2 Å². The van der Waals surface area contributed by atoms with Gasteiger partial charge in [-0.05, 0) is 6.72 Å². The van der Waals surface area contributed by atoms with Gasteiger partial charge in [-0.3, -0.25) is 0 Å².